The predicted molar refractivity (Wildman–Crippen MR) is 103 cm³/mol. The average molecular weight is 399 g/mol. The van der Waals surface area contributed by atoms with E-state index < -0.39 is 5.82 Å². The predicted octanol–water partition coefficient (Wildman–Crippen LogP) is 1.93. The number of halogens is 1. The Balaban J connectivity index is 1.34. The second-order valence-electron chi connectivity index (χ2n) is 7.09. The molecular weight excluding hydrogens is 377 g/mol. The van der Waals surface area contributed by atoms with E-state index in [0.717, 1.165) is 12.8 Å². The molecule has 2 aromatic rings. The maximum atomic E-state index is 14.0. The average Bonchev–Trinajstić information content (AvgIpc) is 3.09. The fourth-order valence-electron chi connectivity index (χ4n) is 3.67. The summed E-state index contributed by atoms with van der Waals surface area (Å²) >= 11 is 0. The van der Waals surface area contributed by atoms with E-state index >= 15 is 0 Å². The number of likely N-dealkylation sites (tertiary alicyclic amines) is 1. The Labute approximate surface area is 167 Å². The fourth-order valence-corrected chi connectivity index (χ4v) is 3.67. The molecule has 0 spiro atoms. The minimum Gasteiger partial charge on any atom is -0.471 e. The smallest absolute Gasteiger partial charge is 0.325 e. The maximum Gasteiger partial charge on any atom is 0.325 e. The highest BCUT2D eigenvalue weighted by atomic mass is 19.1. The topological polar surface area (TPSA) is 78.9 Å². The molecule has 29 heavy (non-hydrogen) atoms. The van der Waals surface area contributed by atoms with Gasteiger partial charge in [-0.1, -0.05) is 12.1 Å². The van der Waals surface area contributed by atoms with Gasteiger partial charge in [-0.15, -0.1) is 5.10 Å². The second-order valence-corrected chi connectivity index (χ2v) is 7.09. The largest absolute Gasteiger partial charge is 0.471 e. The Kier molecular flexibility index (Phi) is 5.55. The second kappa shape index (κ2) is 8.42. The van der Waals surface area contributed by atoms with Gasteiger partial charge in [0, 0.05) is 31.9 Å². The number of rotatable bonds is 5. The number of piperidine rings is 1. The molecule has 2 aliphatic heterocycles. The van der Waals surface area contributed by atoms with Gasteiger partial charge in [-0.2, -0.15) is 5.10 Å². The van der Waals surface area contributed by atoms with Crippen molar-refractivity contribution in [3.05, 3.63) is 48.4 Å². The van der Waals surface area contributed by atoms with E-state index in [1.54, 1.807) is 41.4 Å². The van der Waals surface area contributed by atoms with Crippen LogP contribution in [0.5, 0.6) is 5.88 Å². The number of amides is 3. The highest BCUT2D eigenvalue weighted by molar-refractivity contribution is 5.96. The van der Waals surface area contributed by atoms with Gasteiger partial charge in [-0.05, 0) is 31.0 Å². The lowest BCUT2D eigenvalue weighted by Gasteiger charge is -2.33. The van der Waals surface area contributed by atoms with Crippen LogP contribution in [0.25, 0.3) is 0 Å². The van der Waals surface area contributed by atoms with Gasteiger partial charge in [0.2, 0.25) is 11.8 Å². The van der Waals surface area contributed by atoms with Crippen LogP contribution in [-0.2, 0) is 4.79 Å². The van der Waals surface area contributed by atoms with E-state index in [2.05, 4.69) is 10.2 Å². The number of benzene rings is 1. The van der Waals surface area contributed by atoms with Gasteiger partial charge < -0.3 is 14.5 Å². The van der Waals surface area contributed by atoms with Crippen LogP contribution in [-0.4, -0.2) is 70.8 Å². The van der Waals surface area contributed by atoms with Crippen LogP contribution in [0.2, 0.25) is 0 Å². The van der Waals surface area contributed by atoms with Gasteiger partial charge in [0.05, 0.1) is 12.2 Å². The lowest BCUT2D eigenvalue weighted by atomic mass is 10.1. The normalized spacial score (nSPS) is 19.6. The van der Waals surface area contributed by atoms with Crippen molar-refractivity contribution in [2.75, 3.05) is 37.6 Å². The molecule has 3 amide bonds. The number of carbonyl (C=O) groups is 2. The SMILES string of the molecule is O=C(CN1CCN(c2ccccc2F)C1=O)N1CCC[C@@H](Oc2cccnn2)C1. The van der Waals surface area contributed by atoms with Crippen molar-refractivity contribution >= 4 is 17.6 Å². The van der Waals surface area contributed by atoms with Gasteiger partial charge in [0.15, 0.2) is 0 Å². The van der Waals surface area contributed by atoms with Gasteiger partial charge in [-0.25, -0.2) is 9.18 Å². The standard InChI is InChI=1S/C20H22FN5O3/c21-16-6-1-2-7-17(16)26-12-11-25(20(26)28)14-19(27)24-10-4-5-15(13-24)29-18-8-3-9-22-23-18/h1-3,6-9,15H,4-5,10-14H2/t15-/m1/s1. The van der Waals surface area contributed by atoms with Crippen molar-refractivity contribution in [1.82, 2.24) is 20.0 Å². The number of nitrogens with zero attached hydrogens (tertiary/aromatic N) is 5. The van der Waals surface area contributed by atoms with E-state index in [1.165, 1.54) is 15.9 Å². The van der Waals surface area contributed by atoms with Gasteiger partial charge in [0.1, 0.15) is 18.5 Å². The summed E-state index contributed by atoms with van der Waals surface area (Å²) in [5, 5.41) is 7.70. The minimum absolute atomic E-state index is 0.0261. The van der Waals surface area contributed by atoms with Crippen LogP contribution in [0.1, 0.15) is 12.8 Å². The molecule has 0 radical (unpaired) electrons. The van der Waals surface area contributed by atoms with Gasteiger partial charge in [0.25, 0.3) is 0 Å². The fraction of sp³-hybridized carbons (Fsp3) is 0.400. The molecule has 0 N–H and O–H groups in total. The summed E-state index contributed by atoms with van der Waals surface area (Å²) < 4.78 is 19.8. The zero-order chi connectivity index (χ0) is 20.2. The van der Waals surface area contributed by atoms with E-state index in [-0.39, 0.29) is 30.3 Å². The Morgan fingerprint density at radius 1 is 1.17 bits per heavy atom. The summed E-state index contributed by atoms with van der Waals surface area (Å²) in [5.41, 5.74) is 0.239. The van der Waals surface area contributed by atoms with Crippen molar-refractivity contribution in [3.8, 4) is 5.88 Å². The zero-order valence-corrected chi connectivity index (χ0v) is 15.9. The third-order valence-electron chi connectivity index (χ3n) is 5.13. The molecule has 1 atom stereocenters. The van der Waals surface area contributed by atoms with Crippen LogP contribution in [0, 0.1) is 5.82 Å². The molecule has 1 aromatic carbocycles. The molecule has 9 heteroatoms. The molecular formula is C20H22FN5O3. The van der Waals surface area contributed by atoms with E-state index in [0.29, 0.717) is 32.1 Å². The zero-order valence-electron chi connectivity index (χ0n) is 15.9. The molecule has 152 valence electrons. The summed E-state index contributed by atoms with van der Waals surface area (Å²) in [5.74, 6) is -0.155. The van der Waals surface area contributed by atoms with E-state index in [9.17, 15) is 14.0 Å². The molecule has 8 nitrogen and oxygen atoms in total. The summed E-state index contributed by atoms with van der Waals surface area (Å²) in [6.45, 7) is 1.77. The van der Waals surface area contributed by atoms with Crippen molar-refractivity contribution in [3.63, 3.8) is 0 Å². The molecule has 3 heterocycles. The number of hydrogen-bond donors (Lipinski definition) is 0. The number of urea groups is 1. The molecule has 4 rings (SSSR count). The van der Waals surface area contributed by atoms with Crippen molar-refractivity contribution in [2.24, 2.45) is 0 Å². The molecule has 2 fully saturated rings. The van der Waals surface area contributed by atoms with Crippen molar-refractivity contribution in [2.45, 2.75) is 18.9 Å². The number of aromatic nitrogens is 2. The molecule has 2 saturated heterocycles. The highest BCUT2D eigenvalue weighted by Gasteiger charge is 2.34. The maximum absolute atomic E-state index is 14.0. The van der Waals surface area contributed by atoms with Crippen molar-refractivity contribution < 1.29 is 18.7 Å². The Bertz CT molecular complexity index is 881. The quantitative estimate of drug-likeness (QED) is 0.768. The van der Waals surface area contributed by atoms with Crippen LogP contribution >= 0.6 is 0 Å². The molecule has 2 aliphatic rings. The Morgan fingerprint density at radius 3 is 2.83 bits per heavy atom. The summed E-state index contributed by atoms with van der Waals surface area (Å²) in [7, 11) is 0. The first-order valence-corrected chi connectivity index (χ1v) is 9.65. The monoisotopic (exact) mass is 399 g/mol. The summed E-state index contributed by atoms with van der Waals surface area (Å²) in [4.78, 5) is 30.0. The third kappa shape index (κ3) is 4.28. The molecule has 1 aromatic heterocycles. The molecule has 0 aliphatic carbocycles. The van der Waals surface area contributed by atoms with Crippen LogP contribution < -0.4 is 9.64 Å². The Hall–Kier alpha value is -3.23. The number of para-hydroxylation sites is 1. The van der Waals surface area contributed by atoms with Crippen LogP contribution in [0.4, 0.5) is 14.9 Å². The first-order valence-electron chi connectivity index (χ1n) is 9.65. The number of ether oxygens (including phenoxy) is 1. The molecule has 0 bridgehead atoms. The van der Waals surface area contributed by atoms with Crippen molar-refractivity contribution in [1.29, 1.82) is 0 Å². The number of hydrogen-bond acceptors (Lipinski definition) is 5. The number of carbonyl (C=O) groups excluding carboxylic acids is 2. The summed E-state index contributed by atoms with van der Waals surface area (Å²) in [6, 6.07) is 9.27. The van der Waals surface area contributed by atoms with E-state index in [4.69, 9.17) is 4.74 Å². The lowest BCUT2D eigenvalue weighted by Crippen LogP contribution is -2.48. The molecule has 0 unspecified atom stereocenters. The highest BCUT2D eigenvalue weighted by Crippen LogP contribution is 2.23. The summed E-state index contributed by atoms with van der Waals surface area (Å²) in [6.07, 6.45) is 3.05. The van der Waals surface area contributed by atoms with Crippen LogP contribution in [0.15, 0.2) is 42.6 Å². The third-order valence-corrected chi connectivity index (χ3v) is 5.13. The number of anilines is 1. The van der Waals surface area contributed by atoms with Gasteiger partial charge >= 0.3 is 6.03 Å². The molecule has 0 saturated carbocycles. The first-order chi connectivity index (χ1) is 14.1. The first kappa shape index (κ1) is 19.1. The lowest BCUT2D eigenvalue weighted by molar-refractivity contribution is -0.134. The minimum atomic E-state index is -0.450. The van der Waals surface area contributed by atoms with E-state index in [1.807, 2.05) is 0 Å². The van der Waals surface area contributed by atoms with Gasteiger partial charge in [-0.3, -0.25) is 9.69 Å². The Morgan fingerprint density at radius 2 is 2.03 bits per heavy atom. The van der Waals surface area contributed by atoms with Crippen LogP contribution in [0.3, 0.4) is 0 Å².